The minimum atomic E-state index is -0.598. The zero-order chi connectivity index (χ0) is 20.8. The van der Waals surface area contributed by atoms with E-state index in [2.05, 4.69) is 31.6 Å². The van der Waals surface area contributed by atoms with Gasteiger partial charge in [0.25, 0.3) is 0 Å². The summed E-state index contributed by atoms with van der Waals surface area (Å²) in [4.78, 5) is 24.1. The van der Waals surface area contributed by atoms with Crippen molar-refractivity contribution in [3.63, 3.8) is 0 Å². The molecule has 0 aliphatic heterocycles. The summed E-state index contributed by atoms with van der Waals surface area (Å²) in [7, 11) is 1.70. The highest BCUT2D eigenvalue weighted by molar-refractivity contribution is 9.10. The van der Waals surface area contributed by atoms with Gasteiger partial charge < -0.3 is 4.74 Å². The van der Waals surface area contributed by atoms with Gasteiger partial charge in [-0.25, -0.2) is 14.6 Å². The lowest BCUT2D eigenvalue weighted by atomic mass is 10.1. The highest BCUT2D eigenvalue weighted by Crippen LogP contribution is 2.18. The second-order valence-corrected chi connectivity index (χ2v) is 6.91. The Kier molecular flexibility index (Phi) is 6.50. The molecule has 0 atom stereocenters. The molecule has 2 aromatic carbocycles. The second kappa shape index (κ2) is 9.24. The molecule has 0 bridgehead atoms. The number of hydrazone groups is 1. The predicted octanol–water partition coefficient (Wildman–Crippen LogP) is 3.23. The summed E-state index contributed by atoms with van der Waals surface area (Å²) in [5.41, 5.74) is 3.86. The Morgan fingerprint density at radius 1 is 1.28 bits per heavy atom. The van der Waals surface area contributed by atoms with Crippen molar-refractivity contribution >= 4 is 34.0 Å². The smallest absolute Gasteiger partial charge is 0.365 e. The van der Waals surface area contributed by atoms with E-state index in [-0.39, 0.29) is 23.8 Å². The lowest BCUT2D eigenvalue weighted by molar-refractivity contribution is -0.120. The number of aryl methyl sites for hydroxylation is 1. The minimum Gasteiger partial charge on any atom is -0.422 e. The number of benzene rings is 2. The summed E-state index contributed by atoms with van der Waals surface area (Å²) in [5, 5.41) is 7.93. The third-order valence-electron chi connectivity index (χ3n) is 3.73. The van der Waals surface area contributed by atoms with Crippen LogP contribution in [0.1, 0.15) is 21.6 Å². The van der Waals surface area contributed by atoms with Crippen molar-refractivity contribution in [2.24, 2.45) is 12.1 Å². The number of halogens is 2. The summed E-state index contributed by atoms with van der Waals surface area (Å²) in [6, 6.07) is 12.3. The number of carbonyl (C=O) groups is 2. The number of hydrogen-bond acceptors (Lipinski definition) is 5. The summed E-state index contributed by atoms with van der Waals surface area (Å²) in [5.74, 6) is -0.980. The fourth-order valence-electron chi connectivity index (χ4n) is 2.42. The third kappa shape index (κ3) is 5.82. The molecule has 0 saturated heterocycles. The number of hydrogen-bond donors (Lipinski definition) is 1. The van der Waals surface area contributed by atoms with Crippen LogP contribution in [0.3, 0.4) is 0 Å². The molecule has 0 saturated carbocycles. The van der Waals surface area contributed by atoms with Gasteiger partial charge in [0.05, 0.1) is 17.1 Å². The lowest BCUT2D eigenvalue weighted by Gasteiger charge is -2.04. The Morgan fingerprint density at radius 3 is 2.72 bits per heavy atom. The van der Waals surface area contributed by atoms with E-state index in [0.717, 1.165) is 0 Å². The molecule has 1 aromatic heterocycles. The molecule has 0 spiro atoms. The van der Waals surface area contributed by atoms with E-state index in [0.29, 0.717) is 21.3 Å². The summed E-state index contributed by atoms with van der Waals surface area (Å²) >= 11 is 3.26. The SMILES string of the molecule is Cn1cc(Br)c(C(=O)Oc2cccc(C=NNC(=O)Cc3ccc(F)cc3)c2)n1. The van der Waals surface area contributed by atoms with E-state index >= 15 is 0 Å². The Hall–Kier alpha value is -3.33. The zero-order valence-electron chi connectivity index (χ0n) is 15.3. The van der Waals surface area contributed by atoms with Crippen molar-refractivity contribution in [1.82, 2.24) is 15.2 Å². The first-order chi connectivity index (χ1) is 13.9. The molecule has 1 N–H and O–H groups in total. The van der Waals surface area contributed by atoms with Gasteiger partial charge in [0.2, 0.25) is 5.91 Å². The van der Waals surface area contributed by atoms with E-state index < -0.39 is 5.97 Å². The number of nitrogens with zero attached hydrogens (tertiary/aromatic N) is 3. The highest BCUT2D eigenvalue weighted by atomic mass is 79.9. The molecular formula is C20H16BrFN4O3. The number of nitrogens with one attached hydrogen (secondary N) is 1. The van der Waals surface area contributed by atoms with Crippen LogP contribution in [-0.4, -0.2) is 27.9 Å². The van der Waals surface area contributed by atoms with Crippen LogP contribution in [0.15, 0.2) is 64.3 Å². The molecule has 3 aromatic rings. The van der Waals surface area contributed by atoms with Gasteiger partial charge in [-0.05, 0) is 51.3 Å². The maximum Gasteiger partial charge on any atom is 0.365 e. The first-order valence-electron chi connectivity index (χ1n) is 8.48. The number of carbonyl (C=O) groups excluding carboxylic acids is 2. The van der Waals surface area contributed by atoms with E-state index in [1.807, 2.05) is 0 Å². The molecule has 9 heteroatoms. The van der Waals surface area contributed by atoms with E-state index in [1.165, 1.54) is 35.2 Å². The van der Waals surface area contributed by atoms with Gasteiger partial charge in [-0.1, -0.05) is 24.3 Å². The fourth-order valence-corrected chi connectivity index (χ4v) is 2.96. The Bertz CT molecular complexity index is 1060. The fraction of sp³-hybridized carbons (Fsp3) is 0.100. The number of rotatable bonds is 6. The Labute approximate surface area is 174 Å². The molecule has 0 fully saturated rings. The molecule has 1 amide bonds. The number of amides is 1. The first-order valence-corrected chi connectivity index (χ1v) is 9.28. The summed E-state index contributed by atoms with van der Waals surface area (Å²) in [6.07, 6.45) is 3.15. The number of aromatic nitrogens is 2. The highest BCUT2D eigenvalue weighted by Gasteiger charge is 2.16. The molecule has 0 aliphatic carbocycles. The third-order valence-corrected chi connectivity index (χ3v) is 4.31. The molecule has 1 heterocycles. The molecular weight excluding hydrogens is 443 g/mol. The summed E-state index contributed by atoms with van der Waals surface area (Å²) in [6.45, 7) is 0. The quantitative estimate of drug-likeness (QED) is 0.266. The van der Waals surface area contributed by atoms with E-state index in [9.17, 15) is 14.0 Å². The first kappa shape index (κ1) is 20.4. The van der Waals surface area contributed by atoms with Crippen LogP contribution in [-0.2, 0) is 18.3 Å². The van der Waals surface area contributed by atoms with Crippen molar-refractivity contribution < 1.29 is 18.7 Å². The molecule has 148 valence electrons. The van der Waals surface area contributed by atoms with Crippen LogP contribution >= 0.6 is 15.9 Å². The normalized spacial score (nSPS) is 10.9. The van der Waals surface area contributed by atoms with E-state index in [4.69, 9.17) is 4.74 Å². The average molecular weight is 459 g/mol. The predicted molar refractivity (Wildman–Crippen MR) is 108 cm³/mol. The molecule has 0 radical (unpaired) electrons. The molecule has 0 aliphatic rings. The van der Waals surface area contributed by atoms with Gasteiger partial charge >= 0.3 is 5.97 Å². The summed E-state index contributed by atoms with van der Waals surface area (Å²) < 4.78 is 20.2. The maximum absolute atomic E-state index is 12.9. The molecule has 29 heavy (non-hydrogen) atoms. The zero-order valence-corrected chi connectivity index (χ0v) is 16.9. The van der Waals surface area contributed by atoms with Crippen molar-refractivity contribution in [3.05, 3.63) is 81.8 Å². The van der Waals surface area contributed by atoms with Gasteiger partial charge in [0, 0.05) is 13.2 Å². The maximum atomic E-state index is 12.9. The van der Waals surface area contributed by atoms with E-state index in [1.54, 1.807) is 37.5 Å². The molecule has 0 unspecified atom stereocenters. The topological polar surface area (TPSA) is 85.6 Å². The van der Waals surface area contributed by atoms with Crippen LogP contribution in [0, 0.1) is 5.82 Å². The minimum absolute atomic E-state index is 0.0776. The van der Waals surface area contributed by atoms with Crippen LogP contribution in [0.25, 0.3) is 0 Å². The molecule has 3 rings (SSSR count). The van der Waals surface area contributed by atoms with Crippen molar-refractivity contribution in [2.45, 2.75) is 6.42 Å². The van der Waals surface area contributed by atoms with Crippen molar-refractivity contribution in [1.29, 1.82) is 0 Å². The second-order valence-electron chi connectivity index (χ2n) is 6.06. The van der Waals surface area contributed by atoms with Crippen LogP contribution < -0.4 is 10.2 Å². The van der Waals surface area contributed by atoms with Crippen LogP contribution in [0.2, 0.25) is 0 Å². The monoisotopic (exact) mass is 458 g/mol. The van der Waals surface area contributed by atoms with Gasteiger partial charge in [0.15, 0.2) is 5.69 Å². The van der Waals surface area contributed by atoms with Gasteiger partial charge in [-0.3, -0.25) is 9.48 Å². The Morgan fingerprint density at radius 2 is 2.03 bits per heavy atom. The van der Waals surface area contributed by atoms with Crippen molar-refractivity contribution in [2.75, 3.05) is 0 Å². The number of esters is 1. The molecule has 7 nitrogen and oxygen atoms in total. The van der Waals surface area contributed by atoms with Gasteiger partial charge in [-0.15, -0.1) is 0 Å². The standard InChI is InChI=1S/C20H16BrFN4O3/c1-26-12-17(21)19(25-26)20(28)29-16-4-2-3-14(9-16)11-23-24-18(27)10-13-5-7-15(22)8-6-13/h2-9,11-12H,10H2,1H3,(H,24,27). The Balaban J connectivity index is 1.57. The van der Waals surface area contributed by atoms with Crippen LogP contribution in [0.4, 0.5) is 4.39 Å². The largest absolute Gasteiger partial charge is 0.422 e. The van der Waals surface area contributed by atoms with Crippen LogP contribution in [0.5, 0.6) is 5.75 Å². The van der Waals surface area contributed by atoms with Gasteiger partial charge in [-0.2, -0.15) is 10.2 Å². The van der Waals surface area contributed by atoms with Crippen molar-refractivity contribution in [3.8, 4) is 5.75 Å². The lowest BCUT2D eigenvalue weighted by Crippen LogP contribution is -2.19. The van der Waals surface area contributed by atoms with Gasteiger partial charge in [0.1, 0.15) is 11.6 Å². The average Bonchev–Trinajstić information content (AvgIpc) is 3.02. The number of ether oxygens (including phenoxy) is 1.